The fraction of sp³-hybridized carbons (Fsp3) is 0.842. The lowest BCUT2D eigenvalue weighted by molar-refractivity contribution is -0.148. The van der Waals surface area contributed by atoms with Crippen molar-refractivity contribution in [2.45, 2.75) is 64.3 Å². The maximum absolute atomic E-state index is 12.4. The molecule has 3 N–H and O–H groups in total. The molecule has 0 spiro atoms. The average molecular weight is 393 g/mol. The Bertz CT molecular complexity index is 623. The molecule has 0 radical (unpaired) electrons. The highest BCUT2D eigenvalue weighted by Crippen LogP contribution is 2.40. The van der Waals surface area contributed by atoms with E-state index in [9.17, 15) is 9.59 Å². The molecule has 2 aliphatic rings. The second-order valence-corrected chi connectivity index (χ2v) is 8.12. The second-order valence-electron chi connectivity index (χ2n) is 8.12. The van der Waals surface area contributed by atoms with Crippen LogP contribution in [-0.2, 0) is 20.7 Å². The number of esters is 1. The standard InChI is InChI=1S/C19H32N6O3/c1-13(26)20-8-2-3-9-28-19(27)17-11-16-10-14(4-6-15(16)12-21-17)5-7-18-22-24-25-23-18/h14-17,21H,2-12H2,1H3,(H,20,26)(H,22,23,24,25)/t14-,15+,16-,17+/m1/s1. The lowest BCUT2D eigenvalue weighted by atomic mass is 9.69. The van der Waals surface area contributed by atoms with Crippen LogP contribution >= 0.6 is 0 Å². The molecule has 2 fully saturated rings. The lowest BCUT2D eigenvalue weighted by Crippen LogP contribution is -2.50. The number of tetrazole rings is 1. The number of hydrogen-bond acceptors (Lipinski definition) is 7. The second kappa shape index (κ2) is 10.5. The van der Waals surface area contributed by atoms with E-state index >= 15 is 0 Å². The van der Waals surface area contributed by atoms with Crippen molar-refractivity contribution < 1.29 is 14.3 Å². The van der Waals surface area contributed by atoms with Crippen molar-refractivity contribution in [1.82, 2.24) is 31.3 Å². The molecule has 156 valence electrons. The quantitative estimate of drug-likeness (QED) is 0.423. The number of nitrogens with one attached hydrogen (secondary N) is 3. The summed E-state index contributed by atoms with van der Waals surface area (Å²) in [6, 6.07) is -0.187. The Labute approximate surface area is 165 Å². The van der Waals surface area contributed by atoms with Gasteiger partial charge in [-0.05, 0) is 62.8 Å². The number of H-pyrrole nitrogens is 1. The summed E-state index contributed by atoms with van der Waals surface area (Å²) in [6.07, 6.45) is 8.03. The van der Waals surface area contributed by atoms with E-state index < -0.39 is 0 Å². The smallest absolute Gasteiger partial charge is 0.323 e. The summed E-state index contributed by atoms with van der Waals surface area (Å²) < 4.78 is 5.45. The number of aromatic nitrogens is 4. The average Bonchev–Trinajstić information content (AvgIpc) is 3.21. The summed E-state index contributed by atoms with van der Waals surface area (Å²) in [7, 11) is 0. The van der Waals surface area contributed by atoms with Crippen molar-refractivity contribution in [3.8, 4) is 0 Å². The minimum Gasteiger partial charge on any atom is -0.465 e. The number of carbonyl (C=O) groups excluding carboxylic acids is 2. The third-order valence-electron chi connectivity index (χ3n) is 6.05. The van der Waals surface area contributed by atoms with E-state index in [1.165, 1.54) is 26.2 Å². The van der Waals surface area contributed by atoms with Gasteiger partial charge in [-0.3, -0.25) is 9.59 Å². The van der Waals surface area contributed by atoms with Gasteiger partial charge in [0.1, 0.15) is 6.04 Å². The van der Waals surface area contributed by atoms with E-state index in [2.05, 4.69) is 31.3 Å². The number of ether oxygens (including phenoxy) is 1. The van der Waals surface area contributed by atoms with E-state index in [0.29, 0.717) is 30.9 Å². The molecule has 0 bridgehead atoms. The van der Waals surface area contributed by atoms with Gasteiger partial charge in [-0.25, -0.2) is 0 Å². The molecular weight excluding hydrogens is 360 g/mol. The van der Waals surface area contributed by atoms with Crippen LogP contribution < -0.4 is 10.6 Å². The number of unbranched alkanes of at least 4 members (excludes halogenated alkanes) is 1. The molecule has 1 amide bonds. The predicted octanol–water partition coefficient (Wildman–Crippen LogP) is 0.986. The number of aryl methyl sites for hydroxylation is 1. The number of rotatable bonds is 9. The zero-order chi connectivity index (χ0) is 19.8. The summed E-state index contributed by atoms with van der Waals surface area (Å²) in [5.41, 5.74) is 0. The first-order valence-electron chi connectivity index (χ1n) is 10.5. The van der Waals surface area contributed by atoms with Crippen molar-refractivity contribution in [2.75, 3.05) is 19.7 Å². The predicted molar refractivity (Wildman–Crippen MR) is 102 cm³/mol. The number of carbonyl (C=O) groups is 2. The fourth-order valence-electron chi connectivity index (χ4n) is 4.49. The third kappa shape index (κ3) is 6.25. The summed E-state index contributed by atoms with van der Waals surface area (Å²) in [5.74, 6) is 2.55. The number of aromatic amines is 1. The van der Waals surface area contributed by atoms with Gasteiger partial charge in [0.15, 0.2) is 5.82 Å². The van der Waals surface area contributed by atoms with E-state index in [1.807, 2.05) is 0 Å². The van der Waals surface area contributed by atoms with Gasteiger partial charge in [0.25, 0.3) is 0 Å². The Kier molecular flexibility index (Phi) is 7.76. The van der Waals surface area contributed by atoms with Crippen LogP contribution in [0.25, 0.3) is 0 Å². The van der Waals surface area contributed by atoms with Gasteiger partial charge >= 0.3 is 5.97 Å². The van der Waals surface area contributed by atoms with Gasteiger partial charge in [0.05, 0.1) is 6.61 Å². The molecule has 28 heavy (non-hydrogen) atoms. The van der Waals surface area contributed by atoms with Crippen molar-refractivity contribution in [2.24, 2.45) is 17.8 Å². The number of fused-ring (bicyclic) bond motifs is 1. The monoisotopic (exact) mass is 392 g/mol. The number of piperidine rings is 1. The summed E-state index contributed by atoms with van der Waals surface area (Å²) in [4.78, 5) is 23.2. The molecule has 1 saturated carbocycles. The van der Waals surface area contributed by atoms with Crippen molar-refractivity contribution in [3.63, 3.8) is 0 Å². The van der Waals surface area contributed by atoms with Gasteiger partial charge in [0.2, 0.25) is 5.91 Å². The summed E-state index contributed by atoms with van der Waals surface area (Å²) in [5, 5.41) is 20.3. The number of nitrogens with zero attached hydrogens (tertiary/aromatic N) is 3. The van der Waals surface area contributed by atoms with Crippen LogP contribution in [0, 0.1) is 17.8 Å². The zero-order valence-corrected chi connectivity index (χ0v) is 16.7. The molecule has 3 rings (SSSR count). The molecule has 0 aromatic carbocycles. The van der Waals surface area contributed by atoms with Crippen molar-refractivity contribution >= 4 is 11.9 Å². The molecule has 2 heterocycles. The topological polar surface area (TPSA) is 122 Å². The zero-order valence-electron chi connectivity index (χ0n) is 16.7. The maximum atomic E-state index is 12.4. The van der Waals surface area contributed by atoms with Crippen LogP contribution in [0.2, 0.25) is 0 Å². The van der Waals surface area contributed by atoms with E-state index in [4.69, 9.17) is 4.74 Å². The van der Waals surface area contributed by atoms with Crippen LogP contribution in [0.5, 0.6) is 0 Å². The highest BCUT2D eigenvalue weighted by molar-refractivity contribution is 5.76. The minimum atomic E-state index is -0.187. The van der Waals surface area contributed by atoms with Crippen LogP contribution in [0.4, 0.5) is 0 Å². The molecule has 9 heteroatoms. The van der Waals surface area contributed by atoms with Crippen LogP contribution in [0.15, 0.2) is 0 Å². The van der Waals surface area contributed by atoms with Gasteiger partial charge in [0, 0.05) is 19.9 Å². The van der Waals surface area contributed by atoms with E-state index in [0.717, 1.165) is 44.5 Å². The summed E-state index contributed by atoms with van der Waals surface area (Å²) in [6.45, 7) is 3.45. The van der Waals surface area contributed by atoms with E-state index in [1.54, 1.807) is 0 Å². The fourth-order valence-corrected chi connectivity index (χ4v) is 4.49. The Morgan fingerprint density at radius 1 is 1.21 bits per heavy atom. The van der Waals surface area contributed by atoms with E-state index in [-0.39, 0.29) is 17.9 Å². The highest BCUT2D eigenvalue weighted by atomic mass is 16.5. The Balaban J connectivity index is 1.35. The first-order valence-corrected chi connectivity index (χ1v) is 10.5. The Morgan fingerprint density at radius 3 is 2.89 bits per heavy atom. The van der Waals surface area contributed by atoms with Gasteiger partial charge in [-0.2, -0.15) is 5.21 Å². The van der Waals surface area contributed by atoms with Gasteiger partial charge < -0.3 is 15.4 Å². The van der Waals surface area contributed by atoms with Gasteiger partial charge in [-0.1, -0.05) is 11.6 Å². The first-order chi connectivity index (χ1) is 13.6. The molecular formula is C19H32N6O3. The van der Waals surface area contributed by atoms with Crippen molar-refractivity contribution in [1.29, 1.82) is 0 Å². The molecule has 1 aliphatic carbocycles. The number of hydrogen-bond donors (Lipinski definition) is 3. The lowest BCUT2D eigenvalue weighted by Gasteiger charge is -2.42. The highest BCUT2D eigenvalue weighted by Gasteiger charge is 2.38. The van der Waals surface area contributed by atoms with Gasteiger partial charge in [-0.15, -0.1) is 10.2 Å². The van der Waals surface area contributed by atoms with Crippen molar-refractivity contribution in [3.05, 3.63) is 5.82 Å². The normalized spacial score (nSPS) is 27.0. The molecule has 1 aliphatic heterocycles. The third-order valence-corrected chi connectivity index (χ3v) is 6.05. The van der Waals surface area contributed by atoms with Crippen LogP contribution in [0.1, 0.15) is 57.7 Å². The molecule has 1 aromatic rings. The molecule has 9 nitrogen and oxygen atoms in total. The molecule has 1 aromatic heterocycles. The molecule has 0 unspecified atom stereocenters. The SMILES string of the molecule is CC(=O)NCCCCOC(=O)[C@@H]1C[C@H]2C[C@@H](CCc3nn[nH]n3)CC[C@H]2CN1. The Morgan fingerprint density at radius 2 is 2.11 bits per heavy atom. The maximum Gasteiger partial charge on any atom is 0.323 e. The largest absolute Gasteiger partial charge is 0.465 e. The minimum absolute atomic E-state index is 0.0268. The molecule has 1 saturated heterocycles. The Hall–Kier alpha value is -2.03. The summed E-state index contributed by atoms with van der Waals surface area (Å²) >= 11 is 0. The first kappa shape index (κ1) is 20.7. The van der Waals surface area contributed by atoms with Crippen LogP contribution in [-0.4, -0.2) is 58.2 Å². The van der Waals surface area contributed by atoms with Crippen LogP contribution in [0.3, 0.4) is 0 Å². The number of amides is 1. The molecule has 4 atom stereocenters.